The van der Waals surface area contributed by atoms with Crippen molar-refractivity contribution in [1.29, 1.82) is 0 Å². The minimum Gasteiger partial charge on any atom is -0.451 e. The Hall–Kier alpha value is -2.93. The van der Waals surface area contributed by atoms with Gasteiger partial charge in [-0.15, -0.1) is 0 Å². The van der Waals surface area contributed by atoms with Crippen LogP contribution in [0.25, 0.3) is 11.0 Å². The van der Waals surface area contributed by atoms with Crippen molar-refractivity contribution in [3.05, 3.63) is 58.3 Å². The van der Waals surface area contributed by atoms with Crippen molar-refractivity contribution < 1.29 is 9.21 Å². The Kier molecular flexibility index (Phi) is 3.20. The van der Waals surface area contributed by atoms with E-state index in [4.69, 9.17) is 4.42 Å². The molecule has 3 aromatic rings. The van der Waals surface area contributed by atoms with Crippen LogP contribution in [0.2, 0.25) is 0 Å². The molecule has 1 aliphatic heterocycles. The average Bonchev–Trinajstić information content (AvgIpc) is 2.98. The van der Waals surface area contributed by atoms with Gasteiger partial charge in [-0.1, -0.05) is 12.1 Å². The average molecular weight is 310 g/mol. The van der Waals surface area contributed by atoms with Crippen LogP contribution in [0.3, 0.4) is 0 Å². The van der Waals surface area contributed by atoms with Crippen molar-refractivity contribution in [3.8, 4) is 0 Å². The van der Waals surface area contributed by atoms with Gasteiger partial charge < -0.3 is 19.6 Å². The maximum atomic E-state index is 12.4. The Morgan fingerprint density at radius 1 is 1.35 bits per heavy atom. The molecule has 0 radical (unpaired) electrons. The fourth-order valence-corrected chi connectivity index (χ4v) is 2.69. The first-order valence-corrected chi connectivity index (χ1v) is 7.32. The third kappa shape index (κ3) is 2.40. The van der Waals surface area contributed by atoms with E-state index in [-0.39, 0.29) is 11.2 Å². The number of nitrogens with one attached hydrogen (secondary N) is 2. The van der Waals surface area contributed by atoms with Crippen LogP contribution in [0.5, 0.6) is 0 Å². The van der Waals surface area contributed by atoms with E-state index in [0.29, 0.717) is 23.3 Å². The first-order chi connectivity index (χ1) is 11.2. The Morgan fingerprint density at radius 3 is 3.13 bits per heavy atom. The zero-order valence-corrected chi connectivity index (χ0v) is 12.2. The number of imidazole rings is 1. The van der Waals surface area contributed by atoms with Crippen LogP contribution in [0, 0.1) is 0 Å². The number of benzene rings is 1. The number of nitrogens with zero attached hydrogens (tertiary/aromatic N) is 2. The normalized spacial score (nSPS) is 13.7. The molecule has 0 saturated carbocycles. The van der Waals surface area contributed by atoms with Gasteiger partial charge in [-0.2, -0.15) is 0 Å². The summed E-state index contributed by atoms with van der Waals surface area (Å²) in [6.07, 6.45) is 1.61. The molecule has 23 heavy (non-hydrogen) atoms. The third-order valence-corrected chi connectivity index (χ3v) is 3.83. The lowest BCUT2D eigenvalue weighted by Crippen LogP contribution is -2.29. The van der Waals surface area contributed by atoms with Gasteiger partial charge in [0.1, 0.15) is 17.2 Å². The lowest BCUT2D eigenvalue weighted by molar-refractivity contribution is 0.0996. The predicted octanol–water partition coefficient (Wildman–Crippen LogP) is 1.34. The van der Waals surface area contributed by atoms with Gasteiger partial charge in [0.25, 0.3) is 5.91 Å². The number of amides is 1. The quantitative estimate of drug-likeness (QED) is 0.746. The first-order valence-electron chi connectivity index (χ1n) is 7.32. The molecule has 0 fully saturated rings. The van der Waals surface area contributed by atoms with Crippen LogP contribution in [0.15, 0.2) is 45.7 Å². The van der Waals surface area contributed by atoms with E-state index in [2.05, 4.69) is 15.6 Å². The minimum absolute atomic E-state index is 0.0156. The molecule has 0 atom stereocenters. The molecular weight excluding hydrogens is 296 g/mol. The predicted molar refractivity (Wildman–Crippen MR) is 84.4 cm³/mol. The van der Waals surface area contributed by atoms with E-state index >= 15 is 0 Å². The summed E-state index contributed by atoms with van der Waals surface area (Å²) in [4.78, 5) is 28.7. The standard InChI is InChI=1S/C16H14N4O3/c21-11-7-13(23-12-4-2-1-3-10(11)12)16(22)19-15-9-18-14-8-17-5-6-20(14)15/h1-4,7,9,17H,5-6,8H2,(H,19,22). The summed E-state index contributed by atoms with van der Waals surface area (Å²) in [5, 5.41) is 6.43. The van der Waals surface area contributed by atoms with Crippen molar-refractivity contribution >= 4 is 22.7 Å². The van der Waals surface area contributed by atoms with Gasteiger partial charge in [-0.25, -0.2) is 4.98 Å². The van der Waals surface area contributed by atoms with Crippen LogP contribution in [-0.2, 0) is 13.1 Å². The highest BCUT2D eigenvalue weighted by molar-refractivity contribution is 6.02. The maximum Gasteiger partial charge on any atom is 0.292 e. The number of hydrogen-bond acceptors (Lipinski definition) is 5. The van der Waals surface area contributed by atoms with E-state index in [9.17, 15) is 9.59 Å². The summed E-state index contributed by atoms with van der Waals surface area (Å²) in [5.74, 6) is 0.987. The molecule has 4 rings (SSSR count). The van der Waals surface area contributed by atoms with Gasteiger partial charge in [0.15, 0.2) is 11.2 Å². The van der Waals surface area contributed by atoms with Gasteiger partial charge in [0, 0.05) is 19.2 Å². The Morgan fingerprint density at radius 2 is 2.22 bits per heavy atom. The first kappa shape index (κ1) is 13.7. The number of carbonyl (C=O) groups is 1. The molecule has 116 valence electrons. The smallest absolute Gasteiger partial charge is 0.292 e. The highest BCUT2D eigenvalue weighted by atomic mass is 16.3. The molecule has 1 amide bonds. The topological polar surface area (TPSA) is 89.2 Å². The number of fused-ring (bicyclic) bond motifs is 2. The van der Waals surface area contributed by atoms with Crippen molar-refractivity contribution in [1.82, 2.24) is 14.9 Å². The second-order valence-electron chi connectivity index (χ2n) is 5.31. The van der Waals surface area contributed by atoms with E-state index < -0.39 is 5.91 Å². The zero-order chi connectivity index (χ0) is 15.8. The summed E-state index contributed by atoms with van der Waals surface area (Å²) in [5.41, 5.74) is 0.154. The van der Waals surface area contributed by atoms with E-state index in [1.807, 2.05) is 4.57 Å². The summed E-state index contributed by atoms with van der Waals surface area (Å²) >= 11 is 0. The fraction of sp³-hybridized carbons (Fsp3) is 0.188. The molecule has 0 saturated heterocycles. The number of hydrogen-bond donors (Lipinski definition) is 2. The molecule has 7 nitrogen and oxygen atoms in total. The second kappa shape index (κ2) is 5.36. The van der Waals surface area contributed by atoms with Crippen molar-refractivity contribution in [2.75, 3.05) is 11.9 Å². The number of aromatic nitrogens is 2. The Bertz CT molecular complexity index is 957. The zero-order valence-electron chi connectivity index (χ0n) is 12.2. The highest BCUT2D eigenvalue weighted by Gasteiger charge is 2.18. The van der Waals surface area contributed by atoms with Gasteiger partial charge in [-0.3, -0.25) is 9.59 Å². The Balaban J connectivity index is 1.67. The molecule has 0 bridgehead atoms. The fourth-order valence-electron chi connectivity index (χ4n) is 2.69. The lowest BCUT2D eigenvalue weighted by atomic mass is 10.2. The monoisotopic (exact) mass is 310 g/mol. The molecular formula is C16H14N4O3. The number of carbonyl (C=O) groups excluding carboxylic acids is 1. The van der Waals surface area contributed by atoms with Crippen molar-refractivity contribution in [2.45, 2.75) is 13.1 Å². The second-order valence-corrected chi connectivity index (χ2v) is 5.31. The van der Waals surface area contributed by atoms with Crippen molar-refractivity contribution in [3.63, 3.8) is 0 Å². The van der Waals surface area contributed by atoms with Gasteiger partial charge in [0.2, 0.25) is 0 Å². The summed E-state index contributed by atoms with van der Waals surface area (Å²) in [7, 11) is 0. The molecule has 1 aliphatic rings. The molecule has 0 aliphatic carbocycles. The maximum absolute atomic E-state index is 12.4. The largest absolute Gasteiger partial charge is 0.451 e. The lowest BCUT2D eigenvalue weighted by Gasteiger charge is -2.17. The molecule has 3 heterocycles. The molecule has 2 aromatic heterocycles. The SMILES string of the molecule is O=C(Nc1cnc2n1CCNC2)c1cc(=O)c2ccccc2o1. The molecule has 1 aromatic carbocycles. The van der Waals surface area contributed by atoms with Crippen LogP contribution in [0.4, 0.5) is 5.82 Å². The number of anilines is 1. The van der Waals surface area contributed by atoms with Crippen molar-refractivity contribution in [2.24, 2.45) is 0 Å². The minimum atomic E-state index is -0.464. The van der Waals surface area contributed by atoms with Gasteiger partial charge >= 0.3 is 0 Å². The highest BCUT2D eigenvalue weighted by Crippen LogP contribution is 2.16. The summed E-state index contributed by atoms with van der Waals surface area (Å²) < 4.78 is 7.48. The van der Waals surface area contributed by atoms with E-state index in [0.717, 1.165) is 18.9 Å². The van der Waals surface area contributed by atoms with Crippen LogP contribution in [-0.4, -0.2) is 22.0 Å². The Labute approximate surface area is 130 Å². The molecule has 0 spiro atoms. The van der Waals surface area contributed by atoms with E-state index in [1.54, 1.807) is 30.5 Å². The van der Waals surface area contributed by atoms with Crippen LogP contribution in [0.1, 0.15) is 16.4 Å². The molecule has 2 N–H and O–H groups in total. The molecule has 0 unspecified atom stereocenters. The number of rotatable bonds is 2. The molecule has 7 heteroatoms. The third-order valence-electron chi connectivity index (χ3n) is 3.83. The number of para-hydroxylation sites is 1. The van der Waals surface area contributed by atoms with Gasteiger partial charge in [-0.05, 0) is 12.1 Å². The van der Waals surface area contributed by atoms with Gasteiger partial charge in [0.05, 0.1) is 18.1 Å². The summed E-state index contributed by atoms with van der Waals surface area (Å²) in [6.45, 7) is 2.21. The van der Waals surface area contributed by atoms with E-state index in [1.165, 1.54) is 6.07 Å². The van der Waals surface area contributed by atoms with Crippen LogP contribution < -0.4 is 16.1 Å². The summed E-state index contributed by atoms with van der Waals surface area (Å²) in [6, 6.07) is 8.06. The van der Waals surface area contributed by atoms with Crippen LogP contribution >= 0.6 is 0 Å².